The Kier molecular flexibility index (Phi) is 5.58. The molecule has 0 atom stereocenters. The number of sulfonamides is 1. The Balaban J connectivity index is 2.13. The summed E-state index contributed by atoms with van der Waals surface area (Å²) in [6.07, 6.45) is 5.67. The Hall–Kier alpha value is -2.55. The number of benzene rings is 1. The third-order valence-electron chi connectivity index (χ3n) is 2.89. The van der Waals surface area contributed by atoms with Crippen LogP contribution in [-0.4, -0.2) is 24.5 Å². The molecule has 0 aliphatic rings. The quantitative estimate of drug-likeness (QED) is 0.416. The van der Waals surface area contributed by atoms with Crippen LogP contribution in [-0.2, 0) is 21.4 Å². The number of aromatic nitrogens is 1. The summed E-state index contributed by atoms with van der Waals surface area (Å²) in [5.74, 6) is -0.701. The molecule has 1 amide bonds. The smallest absolute Gasteiger partial charge is 0.267 e. The van der Waals surface area contributed by atoms with E-state index < -0.39 is 15.9 Å². The number of nitrogens with one attached hydrogen (secondary N) is 2. The van der Waals surface area contributed by atoms with Crippen molar-refractivity contribution in [2.45, 2.75) is 11.4 Å². The number of hydrogen-bond acceptors (Lipinski definition) is 5. The minimum absolute atomic E-state index is 0.0768. The van der Waals surface area contributed by atoms with E-state index in [1.807, 2.05) is 0 Å². The van der Waals surface area contributed by atoms with Crippen LogP contribution in [0, 0.1) is 0 Å². The lowest BCUT2D eigenvalue weighted by molar-refractivity contribution is -0.124. The summed E-state index contributed by atoms with van der Waals surface area (Å²) in [5, 5.41) is 8.41. The summed E-state index contributed by atoms with van der Waals surface area (Å²) < 4.78 is 27.0. The van der Waals surface area contributed by atoms with Crippen LogP contribution < -0.4 is 10.2 Å². The number of nitrogens with zero attached hydrogens (tertiary/aromatic N) is 1. The second kappa shape index (κ2) is 7.63. The van der Waals surface area contributed by atoms with Crippen molar-refractivity contribution in [3.05, 3.63) is 66.0 Å². The lowest BCUT2D eigenvalue weighted by Gasteiger charge is -2.07. The molecule has 3 N–H and O–H groups in total. The van der Waals surface area contributed by atoms with Crippen LogP contribution in [0.2, 0.25) is 0 Å². The number of hydrogen-bond donors (Lipinski definition) is 3. The van der Waals surface area contributed by atoms with Crippen LogP contribution >= 0.6 is 0 Å². The molecular formula is C15H15N3O4S. The van der Waals surface area contributed by atoms with E-state index in [-0.39, 0.29) is 11.4 Å². The minimum Gasteiger partial charge on any atom is -0.288 e. The van der Waals surface area contributed by atoms with Crippen LogP contribution in [0.1, 0.15) is 11.1 Å². The molecule has 120 valence electrons. The van der Waals surface area contributed by atoms with Crippen LogP contribution in [0.5, 0.6) is 0 Å². The molecule has 0 radical (unpaired) electrons. The van der Waals surface area contributed by atoms with Gasteiger partial charge in [0.2, 0.25) is 10.0 Å². The summed E-state index contributed by atoms with van der Waals surface area (Å²) in [7, 11) is -3.69. The van der Waals surface area contributed by atoms with Gasteiger partial charge >= 0.3 is 0 Å². The fourth-order valence-corrected chi connectivity index (χ4v) is 2.83. The first-order valence-electron chi connectivity index (χ1n) is 6.62. The molecule has 0 aliphatic heterocycles. The SMILES string of the molecule is O=C(/C=C/c1cccc(S(=O)(=O)NCc2cccnc2)c1)NO. The second-order valence-corrected chi connectivity index (χ2v) is 6.33. The first-order chi connectivity index (χ1) is 11.0. The highest BCUT2D eigenvalue weighted by Crippen LogP contribution is 2.13. The van der Waals surface area contributed by atoms with Crippen molar-refractivity contribution in [3.63, 3.8) is 0 Å². The highest BCUT2D eigenvalue weighted by atomic mass is 32.2. The highest BCUT2D eigenvalue weighted by Gasteiger charge is 2.13. The molecule has 0 bridgehead atoms. The van der Waals surface area contributed by atoms with Gasteiger partial charge in [0.1, 0.15) is 0 Å². The normalized spacial score (nSPS) is 11.5. The summed E-state index contributed by atoms with van der Waals surface area (Å²) in [5.41, 5.74) is 2.71. The Bertz CT molecular complexity index is 804. The van der Waals surface area contributed by atoms with Gasteiger partial charge in [0.15, 0.2) is 0 Å². The van der Waals surface area contributed by atoms with Crippen molar-refractivity contribution in [2.75, 3.05) is 0 Å². The maximum absolute atomic E-state index is 12.3. The zero-order chi connectivity index (χ0) is 16.7. The summed E-state index contributed by atoms with van der Waals surface area (Å²) in [6, 6.07) is 9.57. The molecule has 0 unspecified atom stereocenters. The zero-order valence-electron chi connectivity index (χ0n) is 12.0. The Labute approximate surface area is 133 Å². The zero-order valence-corrected chi connectivity index (χ0v) is 12.8. The highest BCUT2D eigenvalue weighted by molar-refractivity contribution is 7.89. The number of pyridine rings is 1. The number of amides is 1. The predicted octanol–water partition coefficient (Wildman–Crippen LogP) is 1.08. The average Bonchev–Trinajstić information content (AvgIpc) is 2.59. The van der Waals surface area contributed by atoms with E-state index in [2.05, 4.69) is 9.71 Å². The van der Waals surface area contributed by atoms with E-state index in [0.29, 0.717) is 5.56 Å². The van der Waals surface area contributed by atoms with Crippen molar-refractivity contribution in [1.82, 2.24) is 15.2 Å². The molecule has 0 aliphatic carbocycles. The maximum Gasteiger partial charge on any atom is 0.267 e. The van der Waals surface area contributed by atoms with E-state index in [4.69, 9.17) is 5.21 Å². The molecule has 8 heteroatoms. The molecular weight excluding hydrogens is 318 g/mol. The van der Waals surface area contributed by atoms with Crippen LogP contribution in [0.25, 0.3) is 6.08 Å². The topological polar surface area (TPSA) is 108 Å². The Morgan fingerprint density at radius 1 is 1.26 bits per heavy atom. The summed E-state index contributed by atoms with van der Waals surface area (Å²) >= 11 is 0. The van der Waals surface area contributed by atoms with Gasteiger partial charge in [-0.1, -0.05) is 18.2 Å². The van der Waals surface area contributed by atoms with Gasteiger partial charge in [0.25, 0.3) is 5.91 Å². The maximum atomic E-state index is 12.3. The van der Waals surface area contributed by atoms with Crippen molar-refractivity contribution >= 4 is 22.0 Å². The van der Waals surface area contributed by atoms with Gasteiger partial charge in [-0.25, -0.2) is 18.6 Å². The molecule has 23 heavy (non-hydrogen) atoms. The molecule has 1 aromatic heterocycles. The van der Waals surface area contributed by atoms with Gasteiger partial charge in [-0.2, -0.15) is 0 Å². The van der Waals surface area contributed by atoms with Gasteiger partial charge in [0.05, 0.1) is 4.90 Å². The molecule has 0 fully saturated rings. The Morgan fingerprint density at radius 2 is 2.09 bits per heavy atom. The van der Waals surface area contributed by atoms with Gasteiger partial charge in [0, 0.05) is 25.0 Å². The second-order valence-electron chi connectivity index (χ2n) is 4.57. The van der Waals surface area contributed by atoms with Crippen molar-refractivity contribution in [2.24, 2.45) is 0 Å². The van der Waals surface area contributed by atoms with E-state index in [1.54, 1.807) is 36.7 Å². The lowest BCUT2D eigenvalue weighted by Crippen LogP contribution is -2.23. The first-order valence-corrected chi connectivity index (χ1v) is 8.10. The van der Waals surface area contributed by atoms with Gasteiger partial charge in [-0.3, -0.25) is 15.0 Å². The van der Waals surface area contributed by atoms with E-state index >= 15 is 0 Å². The molecule has 1 aromatic carbocycles. The third kappa shape index (κ3) is 4.99. The fourth-order valence-electron chi connectivity index (χ4n) is 1.76. The largest absolute Gasteiger partial charge is 0.288 e. The van der Waals surface area contributed by atoms with E-state index in [0.717, 1.165) is 11.6 Å². The number of carbonyl (C=O) groups excluding carboxylic acids is 1. The molecule has 2 aromatic rings. The minimum atomic E-state index is -3.69. The number of hydroxylamine groups is 1. The molecule has 0 spiro atoms. The van der Waals surface area contributed by atoms with Gasteiger partial charge in [-0.05, 0) is 35.4 Å². The van der Waals surface area contributed by atoms with Crippen LogP contribution in [0.15, 0.2) is 59.8 Å². The Morgan fingerprint density at radius 3 is 2.78 bits per heavy atom. The number of rotatable bonds is 6. The fraction of sp³-hybridized carbons (Fsp3) is 0.0667. The van der Waals surface area contributed by atoms with Crippen molar-refractivity contribution in [1.29, 1.82) is 0 Å². The monoisotopic (exact) mass is 333 g/mol. The van der Waals surface area contributed by atoms with Crippen LogP contribution in [0.3, 0.4) is 0 Å². The lowest BCUT2D eigenvalue weighted by atomic mass is 10.2. The van der Waals surface area contributed by atoms with E-state index in [9.17, 15) is 13.2 Å². The average molecular weight is 333 g/mol. The van der Waals surface area contributed by atoms with Gasteiger partial charge < -0.3 is 0 Å². The van der Waals surface area contributed by atoms with E-state index in [1.165, 1.54) is 23.7 Å². The third-order valence-corrected chi connectivity index (χ3v) is 4.29. The van der Waals surface area contributed by atoms with Crippen molar-refractivity contribution in [3.8, 4) is 0 Å². The predicted molar refractivity (Wildman–Crippen MR) is 83.7 cm³/mol. The molecule has 7 nitrogen and oxygen atoms in total. The molecule has 0 saturated heterocycles. The van der Waals surface area contributed by atoms with Crippen LogP contribution in [0.4, 0.5) is 0 Å². The summed E-state index contributed by atoms with van der Waals surface area (Å²) in [4.78, 5) is 14.9. The summed E-state index contributed by atoms with van der Waals surface area (Å²) in [6.45, 7) is 0.128. The first kappa shape index (κ1) is 16.8. The molecule has 1 heterocycles. The van der Waals surface area contributed by atoms with Gasteiger partial charge in [-0.15, -0.1) is 0 Å². The molecule has 2 rings (SSSR count). The standard InChI is InChI=1S/C15H15N3O4S/c19-15(18-20)7-6-12-3-1-5-14(9-12)23(21,22)17-11-13-4-2-8-16-10-13/h1-10,17,20H,11H2,(H,18,19)/b7-6+. The van der Waals surface area contributed by atoms with Crippen molar-refractivity contribution < 1.29 is 18.4 Å². The number of carbonyl (C=O) groups is 1. The molecule has 0 saturated carbocycles.